The van der Waals surface area contributed by atoms with Crippen molar-refractivity contribution in [2.24, 2.45) is 0 Å². The number of aromatic nitrogens is 2. The zero-order valence-corrected chi connectivity index (χ0v) is 11.4. The predicted octanol–water partition coefficient (Wildman–Crippen LogP) is 4.21. The van der Waals surface area contributed by atoms with Crippen molar-refractivity contribution in [2.75, 3.05) is 7.11 Å². The lowest BCUT2D eigenvalue weighted by Gasteiger charge is -2.23. The van der Waals surface area contributed by atoms with Gasteiger partial charge in [0.2, 0.25) is 0 Å². The van der Waals surface area contributed by atoms with Crippen LogP contribution in [0.2, 0.25) is 0 Å². The van der Waals surface area contributed by atoms with E-state index in [0.717, 1.165) is 16.0 Å². The van der Waals surface area contributed by atoms with Crippen LogP contribution >= 0.6 is 12.2 Å². The summed E-state index contributed by atoms with van der Waals surface area (Å²) < 4.78 is 8.43. The maximum atomic E-state index is 5.48. The molecule has 1 saturated carbocycles. The molecule has 0 radical (unpaired) electrons. The molecule has 96 valence electrons. The van der Waals surface area contributed by atoms with E-state index in [1.165, 1.54) is 37.6 Å². The van der Waals surface area contributed by atoms with Gasteiger partial charge in [0.05, 0.1) is 18.1 Å². The van der Waals surface area contributed by atoms with Crippen molar-refractivity contribution in [1.29, 1.82) is 0 Å². The largest absolute Gasteiger partial charge is 0.497 e. The van der Waals surface area contributed by atoms with Crippen LogP contribution in [-0.2, 0) is 0 Å². The van der Waals surface area contributed by atoms with Gasteiger partial charge < -0.3 is 14.3 Å². The number of aromatic amines is 1. The first-order chi connectivity index (χ1) is 8.79. The van der Waals surface area contributed by atoms with Gasteiger partial charge in [-0.25, -0.2) is 0 Å². The quantitative estimate of drug-likeness (QED) is 0.821. The minimum absolute atomic E-state index is 0.548. The van der Waals surface area contributed by atoms with Gasteiger partial charge >= 0.3 is 0 Å². The molecule has 0 spiro atoms. The Morgan fingerprint density at radius 2 is 2.06 bits per heavy atom. The van der Waals surface area contributed by atoms with E-state index in [0.29, 0.717) is 6.04 Å². The third kappa shape index (κ3) is 1.94. The average molecular weight is 262 g/mol. The van der Waals surface area contributed by atoms with E-state index in [-0.39, 0.29) is 0 Å². The molecule has 1 heterocycles. The zero-order valence-electron chi connectivity index (χ0n) is 10.6. The maximum absolute atomic E-state index is 5.48. The Hall–Kier alpha value is -1.29. The number of rotatable bonds is 2. The number of fused-ring (bicyclic) bond motifs is 1. The van der Waals surface area contributed by atoms with Crippen LogP contribution in [0, 0.1) is 4.77 Å². The fraction of sp³-hybridized carbons (Fsp3) is 0.500. The highest BCUT2D eigenvalue weighted by molar-refractivity contribution is 7.71. The van der Waals surface area contributed by atoms with Crippen LogP contribution in [0.25, 0.3) is 11.0 Å². The maximum Gasteiger partial charge on any atom is 0.178 e. The lowest BCUT2D eigenvalue weighted by atomic mass is 9.95. The van der Waals surface area contributed by atoms with Crippen LogP contribution in [0.5, 0.6) is 5.75 Å². The molecule has 0 bridgehead atoms. The molecule has 4 heteroatoms. The SMILES string of the molecule is COc1ccc2[nH]c(=S)n(C3CCCCC3)c2c1. The van der Waals surface area contributed by atoms with Crippen molar-refractivity contribution in [1.82, 2.24) is 9.55 Å². The molecule has 0 amide bonds. The lowest BCUT2D eigenvalue weighted by molar-refractivity contribution is 0.357. The molecule has 18 heavy (non-hydrogen) atoms. The fourth-order valence-electron chi connectivity index (χ4n) is 2.93. The molecule has 1 N–H and O–H groups in total. The molecule has 0 unspecified atom stereocenters. The Morgan fingerprint density at radius 3 is 2.78 bits per heavy atom. The first-order valence-corrected chi connectivity index (χ1v) is 6.98. The van der Waals surface area contributed by atoms with Crippen molar-refractivity contribution in [3.05, 3.63) is 23.0 Å². The number of methoxy groups -OCH3 is 1. The number of hydrogen-bond acceptors (Lipinski definition) is 2. The molecule has 1 aromatic carbocycles. The summed E-state index contributed by atoms with van der Waals surface area (Å²) >= 11 is 5.48. The van der Waals surface area contributed by atoms with E-state index in [1.54, 1.807) is 7.11 Å². The minimum atomic E-state index is 0.548. The van der Waals surface area contributed by atoms with Crippen LogP contribution in [0.1, 0.15) is 38.1 Å². The predicted molar refractivity (Wildman–Crippen MR) is 75.8 cm³/mol. The first kappa shape index (κ1) is 11.8. The fourth-order valence-corrected chi connectivity index (χ4v) is 3.29. The standard InChI is InChI=1S/C14H18N2OS/c1-17-11-7-8-12-13(9-11)16(14(18)15-12)10-5-3-2-4-6-10/h7-10H,2-6H2,1H3,(H,15,18). The molecule has 1 fully saturated rings. The molecule has 0 aliphatic heterocycles. The summed E-state index contributed by atoms with van der Waals surface area (Å²) in [6.07, 6.45) is 6.44. The second-order valence-electron chi connectivity index (χ2n) is 4.98. The van der Waals surface area contributed by atoms with Gasteiger partial charge in [0.25, 0.3) is 0 Å². The van der Waals surface area contributed by atoms with E-state index < -0.39 is 0 Å². The summed E-state index contributed by atoms with van der Waals surface area (Å²) in [5.41, 5.74) is 2.28. The Morgan fingerprint density at radius 1 is 1.28 bits per heavy atom. The topological polar surface area (TPSA) is 29.9 Å². The van der Waals surface area contributed by atoms with Gasteiger partial charge in [0.1, 0.15) is 5.75 Å². The number of nitrogens with zero attached hydrogens (tertiary/aromatic N) is 1. The number of ether oxygens (including phenoxy) is 1. The van der Waals surface area contributed by atoms with Crippen LogP contribution in [0.15, 0.2) is 18.2 Å². The molecule has 1 aliphatic rings. The van der Waals surface area contributed by atoms with Crippen molar-refractivity contribution in [2.45, 2.75) is 38.1 Å². The molecule has 0 atom stereocenters. The highest BCUT2D eigenvalue weighted by Gasteiger charge is 2.18. The minimum Gasteiger partial charge on any atom is -0.497 e. The van der Waals surface area contributed by atoms with Gasteiger partial charge in [-0.1, -0.05) is 19.3 Å². The molecular formula is C14H18N2OS. The smallest absolute Gasteiger partial charge is 0.178 e. The van der Waals surface area contributed by atoms with E-state index in [4.69, 9.17) is 17.0 Å². The van der Waals surface area contributed by atoms with Gasteiger partial charge in [-0.3, -0.25) is 0 Å². The van der Waals surface area contributed by atoms with Crippen molar-refractivity contribution in [3.63, 3.8) is 0 Å². The summed E-state index contributed by atoms with van der Waals surface area (Å²) in [5.74, 6) is 0.890. The molecule has 1 aliphatic carbocycles. The molecule has 2 aromatic rings. The summed E-state index contributed by atoms with van der Waals surface area (Å²) in [7, 11) is 1.70. The van der Waals surface area contributed by atoms with Gasteiger partial charge in [0, 0.05) is 12.1 Å². The zero-order chi connectivity index (χ0) is 12.5. The molecule has 3 nitrogen and oxygen atoms in total. The summed E-state index contributed by atoms with van der Waals surface area (Å²) in [6, 6.07) is 6.64. The van der Waals surface area contributed by atoms with Gasteiger partial charge in [-0.2, -0.15) is 0 Å². The number of H-pyrrole nitrogens is 1. The van der Waals surface area contributed by atoms with Crippen LogP contribution in [0.4, 0.5) is 0 Å². The third-order valence-electron chi connectivity index (χ3n) is 3.86. The summed E-state index contributed by atoms with van der Waals surface area (Å²) in [5, 5.41) is 0. The highest BCUT2D eigenvalue weighted by Crippen LogP contribution is 2.32. The van der Waals surface area contributed by atoms with Gasteiger partial charge in [-0.15, -0.1) is 0 Å². The van der Waals surface area contributed by atoms with Gasteiger partial charge in [0.15, 0.2) is 4.77 Å². The average Bonchev–Trinajstić information content (AvgIpc) is 2.74. The Labute approximate surface area is 112 Å². The van der Waals surface area contributed by atoms with E-state index in [9.17, 15) is 0 Å². The normalized spacial score (nSPS) is 17.2. The number of hydrogen-bond donors (Lipinski definition) is 1. The van der Waals surface area contributed by atoms with Crippen molar-refractivity contribution >= 4 is 23.3 Å². The lowest BCUT2D eigenvalue weighted by Crippen LogP contribution is -2.12. The second kappa shape index (κ2) is 4.76. The summed E-state index contributed by atoms with van der Waals surface area (Å²) in [6.45, 7) is 0. The summed E-state index contributed by atoms with van der Waals surface area (Å²) in [4.78, 5) is 3.30. The van der Waals surface area contributed by atoms with E-state index >= 15 is 0 Å². The molecule has 0 saturated heterocycles. The van der Waals surface area contributed by atoms with Crippen LogP contribution in [-0.4, -0.2) is 16.7 Å². The third-order valence-corrected chi connectivity index (χ3v) is 4.16. The van der Waals surface area contributed by atoms with Crippen LogP contribution < -0.4 is 4.74 Å². The molecule has 1 aromatic heterocycles. The Balaban J connectivity index is 2.13. The number of nitrogens with one attached hydrogen (secondary N) is 1. The monoisotopic (exact) mass is 262 g/mol. The number of imidazole rings is 1. The Kier molecular flexibility index (Phi) is 3.12. The highest BCUT2D eigenvalue weighted by atomic mass is 32.1. The van der Waals surface area contributed by atoms with E-state index in [2.05, 4.69) is 15.6 Å². The van der Waals surface area contributed by atoms with Crippen LogP contribution in [0.3, 0.4) is 0 Å². The van der Waals surface area contributed by atoms with Crippen molar-refractivity contribution in [3.8, 4) is 5.75 Å². The number of benzene rings is 1. The second-order valence-corrected chi connectivity index (χ2v) is 5.36. The molecular weight excluding hydrogens is 244 g/mol. The van der Waals surface area contributed by atoms with E-state index in [1.807, 2.05) is 12.1 Å². The Bertz CT molecular complexity index is 608. The van der Waals surface area contributed by atoms with Gasteiger partial charge in [-0.05, 0) is 37.2 Å². The first-order valence-electron chi connectivity index (χ1n) is 6.58. The van der Waals surface area contributed by atoms with Crippen molar-refractivity contribution < 1.29 is 4.74 Å². The molecule has 3 rings (SSSR count).